The summed E-state index contributed by atoms with van der Waals surface area (Å²) in [4.78, 5) is 31.3. The third kappa shape index (κ3) is 5.50. The summed E-state index contributed by atoms with van der Waals surface area (Å²) in [7, 11) is 1.51. The third-order valence-electron chi connectivity index (χ3n) is 9.04. The maximum atomic E-state index is 14.3. The molecular weight excluding hydrogens is 663 g/mol. The van der Waals surface area contributed by atoms with Gasteiger partial charge in [0, 0.05) is 41.1 Å². The topological polar surface area (TPSA) is 121 Å². The Balaban J connectivity index is 1.31. The van der Waals surface area contributed by atoms with Gasteiger partial charge in [-0.05, 0) is 67.8 Å². The number of primary amides is 1. The molecule has 2 aliphatic rings. The zero-order chi connectivity index (χ0) is 33.9. The minimum atomic E-state index is -1.24. The first-order chi connectivity index (χ1) is 23.0. The highest BCUT2D eigenvalue weighted by atomic mass is 35.5. The Kier molecular flexibility index (Phi) is 7.99. The molecule has 3 aromatic heterocycles. The monoisotopic (exact) mass is 691 g/mol. The number of nitrogens with one attached hydrogen (secondary N) is 1. The molecule has 2 aromatic carbocycles. The number of halogens is 4. The number of pyridine rings is 2. The second kappa shape index (κ2) is 12.1. The largest absolute Gasteiger partial charge is 0.489 e. The van der Waals surface area contributed by atoms with Gasteiger partial charge in [-0.3, -0.25) is 9.59 Å². The van der Waals surface area contributed by atoms with E-state index >= 15 is 0 Å². The average molecular weight is 693 g/mol. The van der Waals surface area contributed by atoms with Crippen LogP contribution in [0.1, 0.15) is 64.5 Å². The van der Waals surface area contributed by atoms with Crippen LogP contribution < -0.4 is 20.5 Å². The molecule has 0 bridgehead atoms. The molecule has 2 atom stereocenters. The van der Waals surface area contributed by atoms with Gasteiger partial charge in [-0.2, -0.15) is 5.10 Å². The van der Waals surface area contributed by atoms with Gasteiger partial charge in [-0.15, -0.1) is 0 Å². The van der Waals surface area contributed by atoms with E-state index in [1.807, 2.05) is 6.07 Å². The van der Waals surface area contributed by atoms with Crippen LogP contribution in [0.5, 0.6) is 11.6 Å². The Hall–Kier alpha value is -4.74. The first-order valence-electron chi connectivity index (χ1n) is 15.2. The van der Waals surface area contributed by atoms with Gasteiger partial charge in [-0.1, -0.05) is 35.3 Å². The molecule has 0 radical (unpaired) electrons. The normalized spacial score (nSPS) is 17.5. The lowest BCUT2D eigenvalue weighted by molar-refractivity contribution is -0.123. The molecule has 4 heterocycles. The summed E-state index contributed by atoms with van der Waals surface area (Å²) in [5.41, 5.74) is 8.57. The van der Waals surface area contributed by atoms with Gasteiger partial charge < -0.3 is 20.5 Å². The van der Waals surface area contributed by atoms with Crippen LogP contribution in [0, 0.1) is 11.6 Å². The summed E-state index contributed by atoms with van der Waals surface area (Å²) in [6.45, 7) is 1.60. The zero-order valence-corrected chi connectivity index (χ0v) is 27.3. The van der Waals surface area contributed by atoms with Crippen molar-refractivity contribution in [1.82, 2.24) is 19.9 Å². The quantitative estimate of drug-likeness (QED) is 0.169. The smallest absolute Gasteiger partial charge is 0.251 e. The van der Waals surface area contributed by atoms with Crippen molar-refractivity contribution in [3.8, 4) is 22.9 Å². The fourth-order valence-electron chi connectivity index (χ4n) is 6.01. The molecule has 9 nitrogen and oxygen atoms in total. The molecule has 48 heavy (non-hydrogen) atoms. The van der Waals surface area contributed by atoms with E-state index in [4.69, 9.17) is 43.4 Å². The number of benzene rings is 2. The fraction of sp³-hybridized carbons (Fsp3) is 0.257. The van der Waals surface area contributed by atoms with Gasteiger partial charge in [0.05, 0.1) is 34.1 Å². The highest BCUT2D eigenvalue weighted by Crippen LogP contribution is 2.48. The molecule has 1 aliphatic carbocycles. The fourth-order valence-corrected chi connectivity index (χ4v) is 6.41. The number of amides is 2. The Morgan fingerprint density at radius 1 is 1.10 bits per heavy atom. The predicted molar refractivity (Wildman–Crippen MR) is 176 cm³/mol. The number of nitrogens with two attached hydrogens (primary N) is 1. The van der Waals surface area contributed by atoms with Crippen LogP contribution in [0.3, 0.4) is 0 Å². The highest BCUT2D eigenvalue weighted by molar-refractivity contribution is 6.43. The van der Waals surface area contributed by atoms with Crippen molar-refractivity contribution < 1.29 is 27.8 Å². The minimum Gasteiger partial charge on any atom is -0.489 e. The van der Waals surface area contributed by atoms with Crippen LogP contribution in [-0.2, 0) is 10.2 Å². The second-order valence-electron chi connectivity index (χ2n) is 12.3. The number of fused-ring (bicyclic) bond motifs is 2. The van der Waals surface area contributed by atoms with Crippen molar-refractivity contribution in [1.29, 1.82) is 0 Å². The van der Waals surface area contributed by atoms with Crippen LogP contribution in [0.15, 0.2) is 60.7 Å². The molecular formula is C35H29Cl2F2N5O4. The average Bonchev–Trinajstić information content (AvgIpc) is 3.75. The molecule has 1 aliphatic heterocycles. The number of hydrogen-bond donors (Lipinski definition) is 2. The van der Waals surface area contributed by atoms with E-state index in [0.717, 1.165) is 30.1 Å². The molecule has 246 valence electrons. The lowest BCUT2D eigenvalue weighted by Crippen LogP contribution is -2.40. The second-order valence-corrected chi connectivity index (χ2v) is 13.0. The molecule has 0 spiro atoms. The van der Waals surface area contributed by atoms with Crippen LogP contribution in [-0.4, -0.2) is 46.7 Å². The van der Waals surface area contributed by atoms with Crippen molar-refractivity contribution in [3.05, 3.63) is 110 Å². The number of rotatable bonds is 9. The van der Waals surface area contributed by atoms with Crippen molar-refractivity contribution >= 4 is 40.5 Å². The third-order valence-corrected chi connectivity index (χ3v) is 9.90. The summed E-state index contributed by atoms with van der Waals surface area (Å²) >= 11 is 12.7. The number of ether oxygens (including phenoxy) is 2. The number of nitrogens with zero attached hydrogens (tertiary/aromatic N) is 3. The molecule has 13 heteroatoms. The Labute approximate surface area is 284 Å². The van der Waals surface area contributed by atoms with Gasteiger partial charge in [0.1, 0.15) is 35.1 Å². The molecule has 0 saturated heterocycles. The Bertz CT molecular complexity index is 2120. The van der Waals surface area contributed by atoms with Crippen LogP contribution in [0.25, 0.3) is 16.8 Å². The SMILES string of the molecule is COc1cc(C(=O)NC[C@@H](c2ccc(F)cc2)c2cc3c(c(-c4ccc(F)c(Cl)c4Cl)n2)OC[C@]3(C)C(N)=O)cc2cc(C3CC3)nn12. The van der Waals surface area contributed by atoms with E-state index in [1.165, 1.54) is 25.3 Å². The van der Waals surface area contributed by atoms with E-state index in [9.17, 15) is 18.4 Å². The van der Waals surface area contributed by atoms with Crippen LogP contribution in [0.4, 0.5) is 8.78 Å². The zero-order valence-electron chi connectivity index (χ0n) is 25.8. The van der Waals surface area contributed by atoms with E-state index in [-0.39, 0.29) is 40.2 Å². The van der Waals surface area contributed by atoms with Gasteiger partial charge >= 0.3 is 0 Å². The van der Waals surface area contributed by atoms with Crippen molar-refractivity contribution in [2.45, 2.75) is 37.0 Å². The molecule has 1 saturated carbocycles. The van der Waals surface area contributed by atoms with Crippen molar-refractivity contribution in [2.24, 2.45) is 5.73 Å². The summed E-state index contributed by atoms with van der Waals surface area (Å²) in [6.07, 6.45) is 2.15. The van der Waals surface area contributed by atoms with Crippen molar-refractivity contribution in [3.63, 3.8) is 0 Å². The molecule has 7 rings (SSSR count). The van der Waals surface area contributed by atoms with Crippen molar-refractivity contribution in [2.75, 3.05) is 20.3 Å². The first kappa shape index (κ1) is 31.8. The number of hydrogen-bond acceptors (Lipinski definition) is 6. The predicted octanol–water partition coefficient (Wildman–Crippen LogP) is 6.56. The van der Waals surface area contributed by atoms with E-state index in [0.29, 0.717) is 34.2 Å². The summed E-state index contributed by atoms with van der Waals surface area (Å²) < 4.78 is 41.6. The van der Waals surface area contributed by atoms with Gasteiger partial charge in [-0.25, -0.2) is 18.3 Å². The maximum Gasteiger partial charge on any atom is 0.251 e. The van der Waals surface area contributed by atoms with Gasteiger partial charge in [0.15, 0.2) is 0 Å². The highest BCUT2D eigenvalue weighted by Gasteiger charge is 2.44. The van der Waals surface area contributed by atoms with E-state index in [1.54, 1.807) is 41.8 Å². The summed E-state index contributed by atoms with van der Waals surface area (Å²) in [6, 6.07) is 15.4. The lowest BCUT2D eigenvalue weighted by atomic mass is 9.81. The number of methoxy groups -OCH3 is 1. The van der Waals surface area contributed by atoms with Crippen LogP contribution >= 0.6 is 23.2 Å². The lowest BCUT2D eigenvalue weighted by Gasteiger charge is -2.23. The number of carbonyl (C=O) groups is 2. The van der Waals surface area contributed by atoms with Gasteiger partial charge in [0.2, 0.25) is 11.8 Å². The minimum absolute atomic E-state index is 0.0157. The number of aromatic nitrogens is 3. The molecule has 1 fully saturated rings. The summed E-state index contributed by atoms with van der Waals surface area (Å²) in [5.74, 6) is -1.78. The molecule has 0 unspecified atom stereocenters. The molecule has 5 aromatic rings. The summed E-state index contributed by atoms with van der Waals surface area (Å²) in [5, 5.41) is 7.24. The van der Waals surface area contributed by atoms with E-state index in [2.05, 4.69) is 10.4 Å². The Morgan fingerprint density at radius 3 is 2.54 bits per heavy atom. The van der Waals surface area contributed by atoms with E-state index < -0.39 is 34.8 Å². The van der Waals surface area contributed by atoms with Gasteiger partial charge in [0.25, 0.3) is 5.91 Å². The molecule has 3 N–H and O–H groups in total. The maximum absolute atomic E-state index is 14.3. The molecule has 2 amide bonds. The number of carbonyl (C=O) groups excluding carboxylic acids is 2. The van der Waals surface area contributed by atoms with Crippen LogP contribution in [0.2, 0.25) is 10.0 Å². The first-order valence-corrected chi connectivity index (χ1v) is 16.0. The Morgan fingerprint density at radius 2 is 1.85 bits per heavy atom. The standard InChI is InChI=1S/C35H29Cl2F2N5O4/c1-35(34(40)46)16-48-32-24(35)14-27(42-31(32)22-9-10-25(39)30(37)29(22)36)23(17-5-7-20(38)8-6-17)15-41-33(45)19-11-21-13-26(18-3-4-18)43-44(21)28(12-19)47-2/h5-14,18,23H,3-4,15-16H2,1-2H3,(H2,40,46)(H,41,45)/t23-,35-/m0/s1.